The molecule has 4 saturated heterocycles. The predicted octanol–water partition coefficient (Wildman–Crippen LogP) is 1.35. The van der Waals surface area contributed by atoms with Gasteiger partial charge in [-0.15, -0.1) is 0 Å². The molecular formula is C17H27N3O3. The molecule has 6 nitrogen and oxygen atoms in total. The van der Waals surface area contributed by atoms with Crippen molar-refractivity contribution in [2.45, 2.75) is 69.6 Å². The first kappa shape index (κ1) is 15.4. The van der Waals surface area contributed by atoms with E-state index >= 15 is 0 Å². The van der Waals surface area contributed by atoms with E-state index in [0.717, 1.165) is 38.7 Å². The highest BCUT2D eigenvalue weighted by molar-refractivity contribution is 6.07. The summed E-state index contributed by atoms with van der Waals surface area (Å²) in [5, 5.41) is 3.60. The van der Waals surface area contributed by atoms with Crippen LogP contribution in [0.25, 0.3) is 0 Å². The van der Waals surface area contributed by atoms with Crippen LogP contribution in [0.2, 0.25) is 0 Å². The Bertz CT molecular complexity index is 503. The lowest BCUT2D eigenvalue weighted by Crippen LogP contribution is -2.60. The highest BCUT2D eigenvalue weighted by Gasteiger charge is 2.61. The van der Waals surface area contributed by atoms with Crippen LogP contribution in [-0.4, -0.2) is 65.2 Å². The second kappa shape index (κ2) is 5.45. The quantitative estimate of drug-likeness (QED) is 0.797. The van der Waals surface area contributed by atoms with Gasteiger partial charge in [-0.3, -0.25) is 9.69 Å². The summed E-state index contributed by atoms with van der Waals surface area (Å²) in [5.41, 5.74) is -0.609. The topological polar surface area (TPSA) is 61.9 Å². The van der Waals surface area contributed by atoms with Crippen LogP contribution in [0.1, 0.15) is 46.0 Å². The molecule has 0 saturated carbocycles. The van der Waals surface area contributed by atoms with Crippen molar-refractivity contribution in [2.24, 2.45) is 5.92 Å². The molecular weight excluding hydrogens is 294 g/mol. The fraction of sp³-hybridized carbons (Fsp3) is 0.882. The SMILES string of the molecule is CC(C)N1C(=O)N(CC2CCOC2)C(=O)C12CC1CCC(C2)N1. The molecule has 4 fully saturated rings. The zero-order chi connectivity index (χ0) is 16.2. The van der Waals surface area contributed by atoms with E-state index in [9.17, 15) is 9.59 Å². The van der Waals surface area contributed by atoms with E-state index in [1.165, 1.54) is 4.90 Å². The Balaban J connectivity index is 1.64. The fourth-order valence-corrected chi connectivity index (χ4v) is 5.11. The minimum absolute atomic E-state index is 0.0431. The van der Waals surface area contributed by atoms with E-state index in [1.54, 1.807) is 0 Å². The standard InChI is InChI=1S/C17H27N3O3/c1-11(2)20-16(22)19(9-12-5-6-23-10-12)15(21)17(20)7-13-3-4-14(8-17)18-13/h11-14,18H,3-10H2,1-2H3. The number of rotatable bonds is 3. The van der Waals surface area contributed by atoms with Gasteiger partial charge in [-0.2, -0.15) is 0 Å². The number of urea groups is 1. The fourth-order valence-electron chi connectivity index (χ4n) is 5.11. The number of carbonyl (C=O) groups excluding carboxylic acids is 2. The number of hydrogen-bond donors (Lipinski definition) is 1. The van der Waals surface area contributed by atoms with Gasteiger partial charge in [0, 0.05) is 37.2 Å². The molecule has 1 N–H and O–H groups in total. The van der Waals surface area contributed by atoms with Crippen molar-refractivity contribution < 1.29 is 14.3 Å². The van der Waals surface area contributed by atoms with Gasteiger partial charge in [0.1, 0.15) is 5.54 Å². The molecule has 2 bridgehead atoms. The maximum absolute atomic E-state index is 13.3. The van der Waals surface area contributed by atoms with Crippen molar-refractivity contribution in [1.29, 1.82) is 0 Å². The first-order chi connectivity index (χ1) is 11.0. The van der Waals surface area contributed by atoms with Crippen LogP contribution < -0.4 is 5.32 Å². The normalized spacial score (nSPS) is 40.2. The molecule has 128 valence electrons. The lowest BCUT2D eigenvalue weighted by atomic mass is 9.82. The second-order valence-electron chi connectivity index (χ2n) is 7.97. The van der Waals surface area contributed by atoms with Crippen molar-refractivity contribution in [3.63, 3.8) is 0 Å². The Morgan fingerprint density at radius 3 is 2.48 bits per heavy atom. The molecule has 4 rings (SSSR count). The average molecular weight is 321 g/mol. The highest BCUT2D eigenvalue weighted by Crippen LogP contribution is 2.44. The largest absolute Gasteiger partial charge is 0.381 e. The van der Waals surface area contributed by atoms with Gasteiger partial charge in [-0.05, 0) is 46.0 Å². The van der Waals surface area contributed by atoms with Crippen LogP contribution in [0, 0.1) is 5.92 Å². The van der Waals surface area contributed by atoms with Crippen LogP contribution in [-0.2, 0) is 9.53 Å². The maximum Gasteiger partial charge on any atom is 0.327 e. The molecule has 6 heteroatoms. The second-order valence-corrected chi connectivity index (χ2v) is 7.97. The lowest BCUT2D eigenvalue weighted by molar-refractivity contribution is -0.136. The minimum atomic E-state index is -0.609. The Morgan fingerprint density at radius 1 is 1.22 bits per heavy atom. The molecule has 23 heavy (non-hydrogen) atoms. The summed E-state index contributed by atoms with van der Waals surface area (Å²) >= 11 is 0. The molecule has 3 atom stereocenters. The molecule has 4 heterocycles. The monoisotopic (exact) mass is 321 g/mol. The molecule has 3 amide bonds. The summed E-state index contributed by atoms with van der Waals surface area (Å²) in [6.45, 7) is 5.98. The number of imide groups is 1. The van der Waals surface area contributed by atoms with Crippen molar-refractivity contribution in [3.05, 3.63) is 0 Å². The van der Waals surface area contributed by atoms with Gasteiger partial charge in [-0.1, -0.05) is 0 Å². The third-order valence-electron chi connectivity index (χ3n) is 6.03. The molecule has 4 aliphatic rings. The Hall–Kier alpha value is -1.14. The molecule has 0 radical (unpaired) electrons. The molecule has 4 aliphatic heterocycles. The third kappa shape index (κ3) is 2.30. The summed E-state index contributed by atoms with van der Waals surface area (Å²) in [4.78, 5) is 29.7. The molecule has 0 aliphatic carbocycles. The Morgan fingerprint density at radius 2 is 1.91 bits per heavy atom. The van der Waals surface area contributed by atoms with Crippen molar-refractivity contribution in [2.75, 3.05) is 19.8 Å². The number of hydrogen-bond acceptors (Lipinski definition) is 4. The minimum Gasteiger partial charge on any atom is -0.381 e. The van der Waals surface area contributed by atoms with E-state index in [1.807, 2.05) is 18.7 Å². The van der Waals surface area contributed by atoms with Crippen LogP contribution in [0.5, 0.6) is 0 Å². The average Bonchev–Trinajstić information content (AvgIpc) is 3.17. The van der Waals surface area contributed by atoms with Gasteiger partial charge in [0.15, 0.2) is 0 Å². The van der Waals surface area contributed by atoms with Gasteiger partial charge >= 0.3 is 6.03 Å². The summed E-state index contributed by atoms with van der Waals surface area (Å²) < 4.78 is 5.42. The number of fused-ring (bicyclic) bond motifs is 2. The number of nitrogens with zero attached hydrogens (tertiary/aromatic N) is 2. The lowest BCUT2D eigenvalue weighted by Gasteiger charge is -2.43. The number of nitrogens with one attached hydrogen (secondary N) is 1. The van der Waals surface area contributed by atoms with Crippen molar-refractivity contribution in [3.8, 4) is 0 Å². The van der Waals surface area contributed by atoms with Gasteiger partial charge in [0.25, 0.3) is 5.91 Å². The Labute approximate surface area is 137 Å². The van der Waals surface area contributed by atoms with Gasteiger partial charge < -0.3 is 15.0 Å². The van der Waals surface area contributed by atoms with Gasteiger partial charge in [0.05, 0.1) is 6.61 Å². The van der Waals surface area contributed by atoms with Gasteiger partial charge in [0.2, 0.25) is 0 Å². The summed E-state index contributed by atoms with van der Waals surface area (Å²) in [5.74, 6) is 0.340. The summed E-state index contributed by atoms with van der Waals surface area (Å²) in [6, 6.07) is 0.718. The first-order valence-corrected chi connectivity index (χ1v) is 9.00. The number of piperidine rings is 1. The van der Waals surface area contributed by atoms with Crippen LogP contribution in [0.15, 0.2) is 0 Å². The molecule has 0 aromatic heterocycles. The van der Waals surface area contributed by atoms with E-state index in [0.29, 0.717) is 31.2 Å². The smallest absolute Gasteiger partial charge is 0.327 e. The zero-order valence-electron chi connectivity index (χ0n) is 14.1. The van der Waals surface area contributed by atoms with Gasteiger partial charge in [-0.25, -0.2) is 4.79 Å². The molecule has 1 spiro atoms. The Kier molecular flexibility index (Phi) is 3.65. The third-order valence-corrected chi connectivity index (χ3v) is 6.03. The maximum atomic E-state index is 13.3. The first-order valence-electron chi connectivity index (χ1n) is 9.00. The molecule has 3 unspecified atom stereocenters. The van der Waals surface area contributed by atoms with E-state index < -0.39 is 5.54 Å². The number of amides is 3. The summed E-state index contributed by atoms with van der Waals surface area (Å²) in [6.07, 6.45) is 4.72. The number of carbonyl (C=O) groups is 2. The van der Waals surface area contributed by atoms with Crippen LogP contribution >= 0.6 is 0 Å². The highest BCUT2D eigenvalue weighted by atomic mass is 16.5. The summed E-state index contributed by atoms with van der Waals surface area (Å²) in [7, 11) is 0. The van der Waals surface area contributed by atoms with Crippen LogP contribution in [0.4, 0.5) is 4.79 Å². The van der Waals surface area contributed by atoms with Crippen LogP contribution in [0.3, 0.4) is 0 Å². The van der Waals surface area contributed by atoms with Crippen molar-refractivity contribution in [1.82, 2.24) is 15.1 Å². The zero-order valence-corrected chi connectivity index (χ0v) is 14.1. The van der Waals surface area contributed by atoms with E-state index in [4.69, 9.17) is 4.74 Å². The molecule has 0 aromatic rings. The molecule has 0 aromatic carbocycles. The number of ether oxygens (including phenoxy) is 1. The van der Waals surface area contributed by atoms with E-state index in [-0.39, 0.29) is 18.0 Å². The predicted molar refractivity (Wildman–Crippen MR) is 84.9 cm³/mol. The van der Waals surface area contributed by atoms with E-state index in [2.05, 4.69) is 5.32 Å². The van der Waals surface area contributed by atoms with Crippen molar-refractivity contribution >= 4 is 11.9 Å².